The first-order valence-electron chi connectivity index (χ1n) is 5.07. The van der Waals surface area contributed by atoms with Crippen molar-refractivity contribution in [2.24, 2.45) is 5.84 Å². The molecule has 0 aliphatic carbocycles. The van der Waals surface area contributed by atoms with E-state index in [1.165, 1.54) is 6.33 Å². The summed E-state index contributed by atoms with van der Waals surface area (Å²) in [5, 5.41) is 17.5. The minimum atomic E-state index is 0.0988. The van der Waals surface area contributed by atoms with E-state index in [0.717, 1.165) is 5.56 Å². The highest BCUT2D eigenvalue weighted by atomic mass is 15.3. The first-order chi connectivity index (χ1) is 8.28. The number of nitrogens with one attached hydrogen (secondary N) is 1. The molecule has 0 saturated heterocycles. The minimum Gasteiger partial charge on any atom is -0.330 e. The number of hydrogen-bond acceptors (Lipinski definition) is 7. The van der Waals surface area contributed by atoms with Crippen molar-refractivity contribution in [2.45, 2.75) is 13.3 Å². The summed E-state index contributed by atoms with van der Waals surface area (Å²) in [7, 11) is 0. The number of anilines is 2. The Morgan fingerprint density at radius 3 is 2.47 bits per heavy atom. The van der Waals surface area contributed by atoms with E-state index in [9.17, 15) is 0 Å². The summed E-state index contributed by atoms with van der Waals surface area (Å²) in [5.41, 5.74) is 3.27. The molecular formula is C10H13N7. The minimum absolute atomic E-state index is 0.0988. The van der Waals surface area contributed by atoms with Crippen molar-refractivity contribution in [3.05, 3.63) is 11.9 Å². The lowest BCUT2D eigenvalue weighted by atomic mass is 10.2. The van der Waals surface area contributed by atoms with Crippen molar-refractivity contribution >= 4 is 11.6 Å². The Labute approximate surface area is 99.5 Å². The molecule has 0 amide bonds. The van der Waals surface area contributed by atoms with Crippen molar-refractivity contribution in [1.82, 2.24) is 9.97 Å². The molecule has 17 heavy (non-hydrogen) atoms. The van der Waals surface area contributed by atoms with Gasteiger partial charge in [0, 0.05) is 5.56 Å². The van der Waals surface area contributed by atoms with Gasteiger partial charge in [-0.2, -0.15) is 10.5 Å². The fraction of sp³-hybridized carbons (Fsp3) is 0.400. The molecule has 7 nitrogen and oxygen atoms in total. The number of hydrogen-bond donors (Lipinski definition) is 2. The Bertz CT molecular complexity index is 441. The Morgan fingerprint density at radius 1 is 1.35 bits per heavy atom. The Morgan fingerprint density at radius 2 is 2.00 bits per heavy atom. The average Bonchev–Trinajstić information content (AvgIpc) is 2.37. The molecule has 0 aliphatic rings. The Kier molecular flexibility index (Phi) is 4.67. The molecule has 1 aromatic rings. The van der Waals surface area contributed by atoms with E-state index in [0.29, 0.717) is 18.1 Å². The molecule has 0 fully saturated rings. The molecule has 0 spiro atoms. The molecule has 1 heterocycles. The molecule has 3 N–H and O–H groups in total. The number of nitrogen functional groups attached to an aromatic ring is 1. The van der Waals surface area contributed by atoms with E-state index in [2.05, 4.69) is 15.4 Å². The van der Waals surface area contributed by atoms with Gasteiger partial charge in [-0.1, -0.05) is 6.92 Å². The van der Waals surface area contributed by atoms with Gasteiger partial charge in [0.15, 0.2) is 0 Å². The predicted molar refractivity (Wildman–Crippen MR) is 62.7 cm³/mol. The normalized spacial score (nSPS) is 9.18. The Balaban J connectivity index is 3.19. The molecular weight excluding hydrogens is 218 g/mol. The van der Waals surface area contributed by atoms with Gasteiger partial charge in [0.1, 0.15) is 31.1 Å². The summed E-state index contributed by atoms with van der Waals surface area (Å²) in [4.78, 5) is 9.69. The summed E-state index contributed by atoms with van der Waals surface area (Å²) in [6.07, 6.45) is 2.01. The number of nitrogens with zero attached hydrogens (tertiary/aromatic N) is 5. The maximum Gasteiger partial charge on any atom is 0.148 e. The van der Waals surface area contributed by atoms with E-state index >= 15 is 0 Å². The number of nitriles is 2. The van der Waals surface area contributed by atoms with E-state index in [1.54, 1.807) is 4.90 Å². The van der Waals surface area contributed by atoms with Gasteiger partial charge in [-0.05, 0) is 6.42 Å². The smallest absolute Gasteiger partial charge is 0.148 e. The quantitative estimate of drug-likeness (QED) is 0.422. The van der Waals surface area contributed by atoms with Gasteiger partial charge in [-0.3, -0.25) is 0 Å². The third kappa shape index (κ3) is 2.80. The third-order valence-corrected chi connectivity index (χ3v) is 2.24. The van der Waals surface area contributed by atoms with Crippen LogP contribution in [-0.2, 0) is 6.42 Å². The molecule has 0 unspecified atom stereocenters. The molecule has 7 heteroatoms. The summed E-state index contributed by atoms with van der Waals surface area (Å²) in [5.74, 6) is 6.43. The fourth-order valence-corrected chi connectivity index (χ4v) is 1.50. The van der Waals surface area contributed by atoms with Gasteiger partial charge in [0.25, 0.3) is 0 Å². The summed E-state index contributed by atoms with van der Waals surface area (Å²) in [6, 6.07) is 4.01. The van der Waals surface area contributed by atoms with Crippen LogP contribution in [0.15, 0.2) is 6.33 Å². The van der Waals surface area contributed by atoms with Crippen LogP contribution >= 0.6 is 0 Å². The van der Waals surface area contributed by atoms with Crippen LogP contribution in [0.25, 0.3) is 0 Å². The fourth-order valence-electron chi connectivity index (χ4n) is 1.50. The molecule has 1 aromatic heterocycles. The van der Waals surface area contributed by atoms with Gasteiger partial charge in [0.05, 0.1) is 12.1 Å². The summed E-state index contributed by atoms with van der Waals surface area (Å²) < 4.78 is 0. The average molecular weight is 231 g/mol. The van der Waals surface area contributed by atoms with Crippen molar-refractivity contribution in [3.8, 4) is 12.1 Å². The number of nitrogens with two attached hydrogens (primary N) is 1. The van der Waals surface area contributed by atoms with Crippen LogP contribution in [0.2, 0.25) is 0 Å². The highest BCUT2D eigenvalue weighted by molar-refractivity contribution is 5.59. The lowest BCUT2D eigenvalue weighted by Gasteiger charge is -2.20. The number of aromatic nitrogens is 2. The van der Waals surface area contributed by atoms with Crippen LogP contribution in [-0.4, -0.2) is 23.1 Å². The molecule has 88 valence electrons. The maximum atomic E-state index is 8.73. The van der Waals surface area contributed by atoms with E-state index < -0.39 is 0 Å². The van der Waals surface area contributed by atoms with Crippen molar-refractivity contribution in [3.63, 3.8) is 0 Å². The summed E-state index contributed by atoms with van der Waals surface area (Å²) in [6.45, 7) is 2.13. The van der Waals surface area contributed by atoms with Crippen molar-refractivity contribution < 1.29 is 0 Å². The zero-order valence-corrected chi connectivity index (χ0v) is 9.51. The molecule has 1 rings (SSSR count). The first kappa shape index (κ1) is 12.7. The zero-order valence-electron chi connectivity index (χ0n) is 9.51. The highest BCUT2D eigenvalue weighted by Gasteiger charge is 2.15. The van der Waals surface area contributed by atoms with E-state index in [-0.39, 0.29) is 13.1 Å². The van der Waals surface area contributed by atoms with Crippen molar-refractivity contribution in [2.75, 3.05) is 23.4 Å². The standard InChI is InChI=1S/C10H13N7/c1-2-8-9(16-13)14-7-15-10(8)17(5-3-11)6-4-12/h7H,2,5-6,13H2,1H3,(H,14,15,16). The topological polar surface area (TPSA) is 115 Å². The second kappa shape index (κ2) is 6.26. The van der Waals surface area contributed by atoms with Crippen LogP contribution in [0.1, 0.15) is 12.5 Å². The van der Waals surface area contributed by atoms with Gasteiger partial charge in [0.2, 0.25) is 0 Å². The second-order valence-corrected chi connectivity index (χ2v) is 3.19. The molecule has 0 saturated carbocycles. The molecule has 0 bridgehead atoms. The van der Waals surface area contributed by atoms with E-state index in [4.69, 9.17) is 16.4 Å². The first-order valence-corrected chi connectivity index (χ1v) is 5.07. The largest absolute Gasteiger partial charge is 0.330 e. The highest BCUT2D eigenvalue weighted by Crippen LogP contribution is 2.22. The van der Waals surface area contributed by atoms with Gasteiger partial charge in [-0.15, -0.1) is 0 Å². The Hall–Kier alpha value is -2.38. The van der Waals surface area contributed by atoms with Gasteiger partial charge < -0.3 is 10.3 Å². The molecule has 0 aromatic carbocycles. The molecule has 0 radical (unpaired) electrons. The zero-order chi connectivity index (χ0) is 12.7. The monoisotopic (exact) mass is 231 g/mol. The SMILES string of the molecule is CCc1c(NN)ncnc1N(CC#N)CC#N. The second-order valence-electron chi connectivity index (χ2n) is 3.19. The van der Waals surface area contributed by atoms with Crippen LogP contribution in [0.3, 0.4) is 0 Å². The van der Waals surface area contributed by atoms with Crippen LogP contribution in [0.5, 0.6) is 0 Å². The summed E-state index contributed by atoms with van der Waals surface area (Å²) >= 11 is 0. The molecule has 0 aliphatic heterocycles. The lowest BCUT2D eigenvalue weighted by Crippen LogP contribution is -2.27. The maximum absolute atomic E-state index is 8.73. The number of rotatable bonds is 5. The van der Waals surface area contributed by atoms with Gasteiger partial charge >= 0.3 is 0 Å². The van der Waals surface area contributed by atoms with E-state index in [1.807, 2.05) is 19.1 Å². The van der Waals surface area contributed by atoms with Gasteiger partial charge in [-0.25, -0.2) is 15.8 Å². The third-order valence-electron chi connectivity index (χ3n) is 2.24. The number of hydrazine groups is 1. The van der Waals surface area contributed by atoms with Crippen LogP contribution < -0.4 is 16.2 Å². The van der Waals surface area contributed by atoms with Crippen LogP contribution in [0.4, 0.5) is 11.6 Å². The van der Waals surface area contributed by atoms with Crippen LogP contribution in [0, 0.1) is 22.7 Å². The lowest BCUT2D eigenvalue weighted by molar-refractivity contribution is 0.898. The van der Waals surface area contributed by atoms with Crippen molar-refractivity contribution in [1.29, 1.82) is 10.5 Å². The molecule has 0 atom stereocenters. The predicted octanol–water partition coefficient (Wildman–Crippen LogP) is 0.178.